The van der Waals surface area contributed by atoms with Crippen LogP contribution < -0.4 is 10.4 Å². The fraction of sp³-hybridized carbons (Fsp3) is 0.389. The highest BCUT2D eigenvalue weighted by Crippen LogP contribution is 2.26. The van der Waals surface area contributed by atoms with E-state index in [-0.39, 0.29) is 12.6 Å². The molecule has 1 fully saturated rings. The van der Waals surface area contributed by atoms with E-state index in [0.717, 1.165) is 15.0 Å². The average molecular weight is 406 g/mol. The van der Waals surface area contributed by atoms with Gasteiger partial charge in [-0.15, -0.1) is 11.3 Å². The third-order valence-electron chi connectivity index (χ3n) is 4.50. The first kappa shape index (κ1) is 20.1. The van der Waals surface area contributed by atoms with E-state index in [0.29, 0.717) is 38.5 Å². The number of rotatable bonds is 4. The number of hydrogen-bond donors (Lipinski definition) is 2. The lowest BCUT2D eigenvalue weighted by Gasteiger charge is -2.34. The topological polar surface area (TPSA) is 102 Å². The number of ether oxygens (including phenoxy) is 1. The number of anilines is 1. The van der Waals surface area contributed by atoms with Crippen molar-refractivity contribution in [3.8, 4) is 0 Å². The molecular weight excluding hydrogens is 384 g/mol. The molecule has 0 atom stereocenters. The number of nitrogens with one attached hydrogen (secondary N) is 1. The van der Waals surface area contributed by atoms with Crippen LogP contribution in [-0.4, -0.2) is 72.4 Å². The lowest BCUT2D eigenvalue weighted by molar-refractivity contribution is -0.119. The lowest BCUT2D eigenvalue weighted by atomic mass is 10.2. The molecular formula is C18H22N4O5S. The average Bonchev–Trinajstić information content (AvgIpc) is 3.16. The predicted molar refractivity (Wildman–Crippen MR) is 105 cm³/mol. The summed E-state index contributed by atoms with van der Waals surface area (Å²) in [6, 6.07) is 6.27. The van der Waals surface area contributed by atoms with Crippen molar-refractivity contribution in [2.45, 2.75) is 6.92 Å². The molecule has 0 unspecified atom stereocenters. The fourth-order valence-corrected chi connectivity index (χ4v) is 3.89. The number of nitrogens with zero attached hydrogens (tertiary/aromatic N) is 3. The first-order chi connectivity index (χ1) is 13.5. The van der Waals surface area contributed by atoms with Crippen molar-refractivity contribution >= 4 is 45.1 Å². The van der Waals surface area contributed by atoms with Crippen molar-refractivity contribution in [2.75, 3.05) is 44.2 Å². The van der Waals surface area contributed by atoms with E-state index >= 15 is 0 Å². The molecule has 10 heteroatoms. The molecule has 0 radical (unpaired) electrons. The minimum atomic E-state index is -0.911. The number of carbonyl (C=O) groups is 3. The van der Waals surface area contributed by atoms with Crippen molar-refractivity contribution in [3.63, 3.8) is 0 Å². The summed E-state index contributed by atoms with van der Waals surface area (Å²) in [5.41, 5.74) is 1.93. The Morgan fingerprint density at radius 1 is 1.21 bits per heavy atom. The Balaban J connectivity index is 1.67. The van der Waals surface area contributed by atoms with Crippen LogP contribution in [0, 0.1) is 0 Å². The summed E-state index contributed by atoms with van der Waals surface area (Å²) in [6.45, 7) is 3.93. The number of fused-ring (bicyclic) bond motifs is 1. The van der Waals surface area contributed by atoms with E-state index in [4.69, 9.17) is 9.94 Å². The molecule has 1 saturated heterocycles. The van der Waals surface area contributed by atoms with Gasteiger partial charge in [0.05, 0.1) is 18.8 Å². The van der Waals surface area contributed by atoms with E-state index in [1.54, 1.807) is 29.4 Å². The van der Waals surface area contributed by atoms with Crippen LogP contribution in [0.25, 0.3) is 10.1 Å². The van der Waals surface area contributed by atoms with Crippen LogP contribution in [0.5, 0.6) is 0 Å². The molecule has 0 spiro atoms. The zero-order chi connectivity index (χ0) is 20.1. The van der Waals surface area contributed by atoms with Gasteiger partial charge in [-0.2, -0.15) is 0 Å². The fourth-order valence-electron chi connectivity index (χ4n) is 3.07. The second-order valence-electron chi connectivity index (χ2n) is 6.25. The van der Waals surface area contributed by atoms with E-state index in [9.17, 15) is 14.4 Å². The van der Waals surface area contributed by atoms with Gasteiger partial charge in [0, 0.05) is 30.9 Å². The summed E-state index contributed by atoms with van der Waals surface area (Å²) >= 11 is 1.50. The van der Waals surface area contributed by atoms with Crippen molar-refractivity contribution in [1.29, 1.82) is 0 Å². The first-order valence-electron chi connectivity index (χ1n) is 8.91. The van der Waals surface area contributed by atoms with Gasteiger partial charge in [0.1, 0.15) is 0 Å². The normalized spacial score (nSPS) is 14.7. The monoisotopic (exact) mass is 406 g/mol. The zero-order valence-electron chi connectivity index (χ0n) is 15.5. The van der Waals surface area contributed by atoms with Gasteiger partial charge in [-0.25, -0.2) is 20.0 Å². The van der Waals surface area contributed by atoms with Crippen LogP contribution in [0.4, 0.5) is 15.3 Å². The minimum absolute atomic E-state index is 0.00738. The third-order valence-corrected chi connectivity index (χ3v) is 5.38. The summed E-state index contributed by atoms with van der Waals surface area (Å²) in [5.74, 6) is -0.466. The number of carbonyl (C=O) groups excluding carboxylic acids is 3. The van der Waals surface area contributed by atoms with Gasteiger partial charge in [0.25, 0.3) is 0 Å². The van der Waals surface area contributed by atoms with E-state index in [2.05, 4.69) is 0 Å². The Labute approximate surface area is 166 Å². The van der Waals surface area contributed by atoms with Gasteiger partial charge in [-0.3, -0.25) is 14.9 Å². The number of hydrogen-bond acceptors (Lipinski definition) is 7. The highest BCUT2D eigenvalue weighted by molar-refractivity contribution is 7.17. The lowest BCUT2D eigenvalue weighted by Crippen LogP contribution is -2.53. The molecule has 1 aromatic carbocycles. The molecule has 4 amide bonds. The highest BCUT2D eigenvalue weighted by Gasteiger charge is 2.28. The molecule has 9 nitrogen and oxygen atoms in total. The predicted octanol–water partition coefficient (Wildman–Crippen LogP) is 2.11. The van der Waals surface area contributed by atoms with Gasteiger partial charge in [0.2, 0.25) is 5.91 Å². The van der Waals surface area contributed by atoms with Crippen molar-refractivity contribution in [1.82, 2.24) is 15.3 Å². The number of amides is 4. The smallest absolute Gasteiger partial charge is 0.409 e. The van der Waals surface area contributed by atoms with Crippen LogP contribution >= 0.6 is 11.3 Å². The first-order valence-corrected chi connectivity index (χ1v) is 9.79. The van der Waals surface area contributed by atoms with E-state index in [1.807, 2.05) is 22.4 Å². The molecule has 2 N–H and O–H groups in total. The molecule has 0 bridgehead atoms. The number of piperazine rings is 1. The highest BCUT2D eigenvalue weighted by atomic mass is 32.1. The molecule has 150 valence electrons. The molecule has 1 aliphatic heterocycles. The Morgan fingerprint density at radius 3 is 2.64 bits per heavy atom. The summed E-state index contributed by atoms with van der Waals surface area (Å²) in [7, 11) is 0. The van der Waals surface area contributed by atoms with Crippen LogP contribution in [0.15, 0.2) is 29.6 Å². The summed E-state index contributed by atoms with van der Waals surface area (Å²) < 4.78 is 5.92. The second-order valence-corrected chi connectivity index (χ2v) is 7.20. The molecule has 2 heterocycles. The molecule has 2 aromatic rings. The van der Waals surface area contributed by atoms with Crippen LogP contribution in [0.2, 0.25) is 0 Å². The second kappa shape index (κ2) is 9.00. The summed E-state index contributed by atoms with van der Waals surface area (Å²) in [5, 5.41) is 12.0. The number of imide groups is 1. The Kier molecular flexibility index (Phi) is 6.45. The summed E-state index contributed by atoms with van der Waals surface area (Å²) in [6.07, 6.45) is -0.362. The maximum atomic E-state index is 12.8. The SMILES string of the molecule is CCOC(=O)N1CCN(CC(=O)N(C(=O)NO)c2ccc3ccsc3c2)CC1. The number of thiophene rings is 1. The van der Waals surface area contributed by atoms with Crippen LogP contribution in [0.3, 0.4) is 0 Å². The standard InChI is InChI=1S/C18H22N4O5S/c1-2-27-18(25)21-8-6-20(7-9-21)12-16(23)22(17(24)19-26)14-4-3-13-5-10-28-15(13)11-14/h3-5,10-11,26H,2,6-9,12H2,1H3,(H,19,24). The molecule has 0 saturated carbocycles. The van der Waals surface area contributed by atoms with Gasteiger partial charge in [-0.05, 0) is 35.9 Å². The van der Waals surface area contributed by atoms with Crippen molar-refractivity contribution < 1.29 is 24.3 Å². The van der Waals surface area contributed by atoms with Gasteiger partial charge in [0.15, 0.2) is 0 Å². The Morgan fingerprint density at radius 2 is 1.96 bits per heavy atom. The van der Waals surface area contributed by atoms with Crippen molar-refractivity contribution in [2.24, 2.45) is 0 Å². The molecule has 1 aliphatic rings. The van der Waals surface area contributed by atoms with Crippen molar-refractivity contribution in [3.05, 3.63) is 29.6 Å². The van der Waals surface area contributed by atoms with Crippen LogP contribution in [0.1, 0.15) is 6.92 Å². The van der Waals surface area contributed by atoms with Gasteiger partial charge in [-0.1, -0.05) is 6.07 Å². The van der Waals surface area contributed by atoms with Gasteiger partial charge < -0.3 is 9.64 Å². The Bertz CT molecular complexity index is 863. The maximum absolute atomic E-state index is 12.8. The molecule has 3 rings (SSSR count). The number of urea groups is 1. The minimum Gasteiger partial charge on any atom is -0.450 e. The largest absolute Gasteiger partial charge is 0.450 e. The number of hydroxylamine groups is 1. The van der Waals surface area contributed by atoms with E-state index < -0.39 is 11.9 Å². The third kappa shape index (κ3) is 4.41. The van der Waals surface area contributed by atoms with E-state index in [1.165, 1.54) is 11.3 Å². The molecule has 28 heavy (non-hydrogen) atoms. The van der Waals surface area contributed by atoms with Gasteiger partial charge >= 0.3 is 12.1 Å². The zero-order valence-corrected chi connectivity index (χ0v) is 16.3. The Hall–Kier alpha value is -2.69. The number of benzene rings is 1. The quantitative estimate of drug-likeness (QED) is 0.596. The maximum Gasteiger partial charge on any atom is 0.409 e. The molecule has 0 aliphatic carbocycles. The summed E-state index contributed by atoms with van der Waals surface area (Å²) in [4.78, 5) is 41.1. The molecule has 1 aromatic heterocycles. The van der Waals surface area contributed by atoms with Crippen LogP contribution in [-0.2, 0) is 9.53 Å².